The van der Waals surface area contributed by atoms with Crippen LogP contribution in [0.15, 0.2) is 58.1 Å². The predicted octanol–water partition coefficient (Wildman–Crippen LogP) is 1.29. The number of nitrogens with two attached hydrogens (primary N) is 1. The van der Waals surface area contributed by atoms with Crippen molar-refractivity contribution in [3.8, 4) is 5.75 Å². The summed E-state index contributed by atoms with van der Waals surface area (Å²) in [6.07, 6.45) is 0. The summed E-state index contributed by atoms with van der Waals surface area (Å²) in [5, 5.41) is 17.7. The molecule has 3 rings (SSSR count). The summed E-state index contributed by atoms with van der Waals surface area (Å²) in [5.41, 5.74) is -0.753. The number of aromatic hydroxyl groups is 1. The molecular weight excluding hydrogens is 424 g/mol. The van der Waals surface area contributed by atoms with Crippen LogP contribution in [0.1, 0.15) is 24.2 Å². The monoisotopic (exact) mass is 451 g/mol. The molecule has 3 aromatic carbocycles. The fourth-order valence-corrected chi connectivity index (χ4v) is 3.37. The van der Waals surface area contributed by atoms with Crippen molar-refractivity contribution in [3.63, 3.8) is 0 Å². The molecule has 9 heteroatoms. The van der Waals surface area contributed by atoms with Crippen LogP contribution in [0.25, 0.3) is 0 Å². The molecule has 1 atom stereocenters. The Balaban J connectivity index is 1.86. The van der Waals surface area contributed by atoms with E-state index in [4.69, 9.17) is 0 Å². The average Bonchev–Trinajstić information content (AvgIpc) is 2.79. The third kappa shape index (κ3) is 4.93. The molecule has 172 valence electrons. The molecule has 0 saturated carbocycles. The van der Waals surface area contributed by atoms with Gasteiger partial charge in [-0.2, -0.15) is 0 Å². The summed E-state index contributed by atoms with van der Waals surface area (Å²) >= 11 is 0. The summed E-state index contributed by atoms with van der Waals surface area (Å²) in [7, 11) is 3.10. The Labute approximate surface area is 190 Å². The van der Waals surface area contributed by atoms with Gasteiger partial charge in [-0.3, -0.25) is 14.4 Å². The normalized spacial score (nSPS) is 11.9. The number of nitrogens with one attached hydrogen (secondary N) is 2. The minimum absolute atomic E-state index is 0.0303. The van der Waals surface area contributed by atoms with Crippen LogP contribution in [-0.2, 0) is 4.79 Å². The Kier molecular flexibility index (Phi) is 6.93. The van der Waals surface area contributed by atoms with Crippen molar-refractivity contribution >= 4 is 34.6 Å². The molecule has 0 aliphatic heterocycles. The molecule has 0 aliphatic rings. The topological polar surface area (TPSA) is 132 Å². The average molecular weight is 452 g/mol. The van der Waals surface area contributed by atoms with Crippen molar-refractivity contribution in [2.45, 2.75) is 19.9 Å². The molecule has 3 aromatic rings. The van der Waals surface area contributed by atoms with Crippen LogP contribution in [0.3, 0.4) is 0 Å². The van der Waals surface area contributed by atoms with Crippen molar-refractivity contribution in [1.82, 2.24) is 4.90 Å². The first-order valence-electron chi connectivity index (χ1n) is 10.5. The van der Waals surface area contributed by atoms with Gasteiger partial charge < -0.3 is 20.6 Å². The van der Waals surface area contributed by atoms with Crippen LogP contribution in [0, 0.1) is 5.92 Å². The van der Waals surface area contributed by atoms with E-state index in [0.29, 0.717) is 0 Å². The molecule has 9 nitrogen and oxygen atoms in total. The molecule has 2 amide bonds. The molecule has 0 aliphatic carbocycles. The minimum Gasteiger partial charge on any atom is -0.505 e. The fraction of sp³-hybridized carbons (Fsp3) is 0.250. The second-order valence-electron chi connectivity index (χ2n) is 8.26. The van der Waals surface area contributed by atoms with Crippen molar-refractivity contribution in [2.75, 3.05) is 24.7 Å². The first kappa shape index (κ1) is 23.7. The molecule has 1 unspecified atom stereocenters. The van der Waals surface area contributed by atoms with E-state index in [1.165, 1.54) is 22.3 Å². The van der Waals surface area contributed by atoms with Gasteiger partial charge in [0.05, 0.1) is 11.3 Å². The zero-order valence-corrected chi connectivity index (χ0v) is 18.9. The van der Waals surface area contributed by atoms with Crippen LogP contribution >= 0.6 is 0 Å². The van der Waals surface area contributed by atoms with Crippen LogP contribution in [0.2, 0.25) is 0 Å². The van der Waals surface area contributed by atoms with E-state index in [1.807, 2.05) is 32.0 Å². The molecule has 0 fully saturated rings. The molecule has 0 spiro atoms. The number of phenolic OH excluding ortho intramolecular Hbond substituents is 1. The fourth-order valence-electron chi connectivity index (χ4n) is 3.37. The number of rotatable bonds is 8. The molecule has 33 heavy (non-hydrogen) atoms. The van der Waals surface area contributed by atoms with Crippen LogP contribution < -0.4 is 26.8 Å². The number of primary amides is 1. The lowest BCUT2D eigenvalue weighted by atomic mass is 10.0. The molecule has 0 heterocycles. The van der Waals surface area contributed by atoms with E-state index in [1.54, 1.807) is 32.3 Å². The zero-order chi connectivity index (χ0) is 24.3. The van der Waals surface area contributed by atoms with Crippen LogP contribution in [-0.4, -0.2) is 42.0 Å². The quantitative estimate of drug-likeness (QED) is 0.230. The van der Waals surface area contributed by atoms with Crippen molar-refractivity contribution in [3.05, 3.63) is 74.5 Å². The summed E-state index contributed by atoms with van der Waals surface area (Å²) in [5.74, 6) is -1.17. The Morgan fingerprint density at radius 2 is 1.58 bits per heavy atom. The van der Waals surface area contributed by atoms with Gasteiger partial charge in [-0.25, -0.2) is 10.1 Å². The Morgan fingerprint density at radius 3 is 2.18 bits per heavy atom. The van der Waals surface area contributed by atoms with E-state index in [2.05, 4.69) is 10.6 Å². The zero-order valence-electron chi connectivity index (χ0n) is 18.9. The van der Waals surface area contributed by atoms with E-state index in [0.717, 1.165) is 5.69 Å². The standard InChI is InChI=1S/C24H26N4O5/c1-13(2)17(23(32)25-14-9-6-5-7-10-14)27-19-18(21(30)22(19)31)26-16-12-8-11-15(20(16)29)24(33)28(3)4/h5-13,17,26-27,29H,1-4H3,(H,25,32)/p+1. The highest BCUT2D eigenvalue weighted by Crippen LogP contribution is 2.32. The molecule has 5 N–H and O–H groups in total. The highest BCUT2D eigenvalue weighted by atomic mass is 16.3. The number of carbonyl (C=O) groups excluding carboxylic acids is 2. The summed E-state index contributed by atoms with van der Waals surface area (Å²) < 4.78 is 0. The maximum Gasteiger partial charge on any atom is 0.338 e. The maximum absolute atomic E-state index is 12.9. The molecule has 0 bridgehead atoms. The lowest BCUT2D eigenvalue weighted by Crippen LogP contribution is -2.86. The van der Waals surface area contributed by atoms with Gasteiger partial charge >= 0.3 is 5.91 Å². The van der Waals surface area contributed by atoms with Gasteiger partial charge in [0, 0.05) is 14.1 Å². The Morgan fingerprint density at radius 1 is 0.939 bits per heavy atom. The second-order valence-corrected chi connectivity index (χ2v) is 8.26. The van der Waals surface area contributed by atoms with Gasteiger partial charge in [0.1, 0.15) is 23.1 Å². The van der Waals surface area contributed by atoms with Crippen molar-refractivity contribution in [1.29, 1.82) is 0 Å². The molecular formula is C24H27N4O5+. The number of anilines is 3. The number of nitrogens with zero attached hydrogens (tertiary/aromatic N) is 1. The van der Waals surface area contributed by atoms with Gasteiger partial charge in [0.2, 0.25) is 0 Å². The second kappa shape index (κ2) is 9.66. The van der Waals surface area contributed by atoms with E-state index in [-0.39, 0.29) is 40.2 Å². The van der Waals surface area contributed by atoms with Crippen molar-refractivity contribution < 1.29 is 20.0 Å². The summed E-state index contributed by atoms with van der Waals surface area (Å²) in [4.78, 5) is 51.0. The summed E-state index contributed by atoms with van der Waals surface area (Å²) in [6.45, 7) is 3.66. The van der Waals surface area contributed by atoms with Crippen LogP contribution in [0.5, 0.6) is 5.75 Å². The van der Waals surface area contributed by atoms with Gasteiger partial charge in [0.15, 0.2) is 5.75 Å². The highest BCUT2D eigenvalue weighted by molar-refractivity contribution is 5.99. The first-order valence-corrected chi connectivity index (χ1v) is 10.5. The Bertz CT molecular complexity index is 1240. The lowest BCUT2D eigenvalue weighted by molar-refractivity contribution is -0.485. The molecule has 0 radical (unpaired) electrons. The molecule has 0 saturated heterocycles. The van der Waals surface area contributed by atoms with Crippen LogP contribution in [0.4, 0.5) is 22.7 Å². The van der Waals surface area contributed by atoms with Gasteiger partial charge in [-0.15, -0.1) is 0 Å². The predicted molar refractivity (Wildman–Crippen MR) is 126 cm³/mol. The number of phenols is 1. The number of para-hydroxylation sites is 2. The first-order chi connectivity index (χ1) is 15.6. The van der Waals surface area contributed by atoms with Gasteiger partial charge in [0.25, 0.3) is 16.8 Å². The van der Waals surface area contributed by atoms with E-state index >= 15 is 0 Å². The maximum atomic E-state index is 12.9. The third-order valence-corrected chi connectivity index (χ3v) is 5.22. The highest BCUT2D eigenvalue weighted by Gasteiger charge is 2.31. The minimum atomic E-state index is -0.775. The van der Waals surface area contributed by atoms with E-state index in [9.17, 15) is 24.3 Å². The Hall–Kier alpha value is -3.98. The van der Waals surface area contributed by atoms with Gasteiger partial charge in [-0.1, -0.05) is 38.1 Å². The van der Waals surface area contributed by atoms with Crippen molar-refractivity contribution in [2.24, 2.45) is 5.92 Å². The smallest absolute Gasteiger partial charge is 0.338 e. The van der Waals surface area contributed by atoms with Gasteiger partial charge in [-0.05, 0) is 30.2 Å². The number of carbonyl (C=O) groups is 2. The van der Waals surface area contributed by atoms with E-state index < -0.39 is 22.8 Å². The third-order valence-electron chi connectivity index (χ3n) is 5.22. The molecule has 0 aromatic heterocycles. The summed E-state index contributed by atoms with van der Waals surface area (Å²) in [6, 6.07) is 12.8. The number of benzene rings is 2. The number of quaternary nitrogens is 1. The largest absolute Gasteiger partial charge is 0.505 e. The number of hydrogen-bond acceptors (Lipinski definition) is 7. The number of amides is 2. The lowest BCUT2D eigenvalue weighted by Gasteiger charge is -2.23. The SMILES string of the molecule is CC(C)C(Nc1c(Nc2cccc(C(=O)N(C)C)c2O)c(=O)c1=O)C(=O)[NH2+]c1ccccc1. The number of hydrogen-bond donors (Lipinski definition) is 4.